The molecule has 1 aromatic heterocycles. The van der Waals surface area contributed by atoms with Crippen LogP contribution < -0.4 is 10.1 Å². The molecular formula is C15H18F2N2O2. The number of benzene rings is 1. The summed E-state index contributed by atoms with van der Waals surface area (Å²) in [6.45, 7) is 3.49. The molecule has 0 radical (unpaired) electrons. The maximum atomic E-state index is 12.2. The molecule has 0 saturated carbocycles. The summed E-state index contributed by atoms with van der Waals surface area (Å²) in [6, 6.07) is 6.66. The van der Waals surface area contributed by atoms with Gasteiger partial charge >= 0.3 is 6.61 Å². The summed E-state index contributed by atoms with van der Waals surface area (Å²) in [5, 5.41) is 7.22. The Labute approximate surface area is 122 Å². The SMILES string of the molecule is Cc1noc(C)c1CNC(C)c1cccc(OC(F)F)c1. The van der Waals surface area contributed by atoms with Crippen molar-refractivity contribution in [2.45, 2.75) is 40.0 Å². The second-order valence-corrected chi connectivity index (χ2v) is 4.86. The summed E-state index contributed by atoms with van der Waals surface area (Å²) in [6.07, 6.45) is 0. The molecule has 0 aliphatic carbocycles. The quantitative estimate of drug-likeness (QED) is 0.882. The Morgan fingerprint density at radius 3 is 2.71 bits per heavy atom. The molecule has 1 atom stereocenters. The molecule has 0 aliphatic heterocycles. The van der Waals surface area contributed by atoms with E-state index >= 15 is 0 Å². The normalized spacial score (nSPS) is 12.7. The van der Waals surface area contributed by atoms with Crippen molar-refractivity contribution in [3.05, 3.63) is 46.8 Å². The van der Waals surface area contributed by atoms with Crippen LogP contribution in [0.5, 0.6) is 5.75 Å². The molecule has 2 aromatic rings. The number of nitrogens with one attached hydrogen (secondary N) is 1. The van der Waals surface area contributed by atoms with E-state index in [1.807, 2.05) is 26.8 Å². The predicted octanol–water partition coefficient (Wildman–Crippen LogP) is 3.74. The lowest BCUT2D eigenvalue weighted by molar-refractivity contribution is -0.0499. The molecule has 0 aliphatic rings. The van der Waals surface area contributed by atoms with Crippen molar-refractivity contribution in [2.24, 2.45) is 0 Å². The number of aryl methyl sites for hydroxylation is 2. The molecule has 2 rings (SSSR count). The smallest absolute Gasteiger partial charge is 0.387 e. The van der Waals surface area contributed by atoms with Crippen LogP contribution in [0.1, 0.15) is 35.5 Å². The fraction of sp³-hybridized carbons (Fsp3) is 0.400. The van der Waals surface area contributed by atoms with Gasteiger partial charge in [0.15, 0.2) is 0 Å². The highest BCUT2D eigenvalue weighted by atomic mass is 19.3. The molecule has 21 heavy (non-hydrogen) atoms. The van der Waals surface area contributed by atoms with Crippen LogP contribution >= 0.6 is 0 Å². The summed E-state index contributed by atoms with van der Waals surface area (Å²) in [5.74, 6) is 0.940. The first-order valence-electron chi connectivity index (χ1n) is 6.67. The molecule has 0 amide bonds. The standard InChI is InChI=1S/C15H18F2N2O2/c1-9(18-8-14-10(2)19-21-11(14)3)12-5-4-6-13(7-12)20-15(16)17/h4-7,9,15,18H,8H2,1-3H3. The minimum atomic E-state index is -2.81. The van der Waals surface area contributed by atoms with E-state index in [0.717, 1.165) is 22.6 Å². The van der Waals surface area contributed by atoms with Gasteiger partial charge in [-0.1, -0.05) is 17.3 Å². The van der Waals surface area contributed by atoms with E-state index in [2.05, 4.69) is 15.2 Å². The molecule has 0 saturated heterocycles. The van der Waals surface area contributed by atoms with Crippen molar-refractivity contribution in [1.82, 2.24) is 10.5 Å². The van der Waals surface area contributed by atoms with E-state index < -0.39 is 6.61 Å². The van der Waals surface area contributed by atoms with Crippen molar-refractivity contribution in [3.63, 3.8) is 0 Å². The highest BCUT2D eigenvalue weighted by Crippen LogP contribution is 2.21. The third-order valence-electron chi connectivity index (χ3n) is 3.35. The van der Waals surface area contributed by atoms with Gasteiger partial charge in [0.05, 0.1) is 5.69 Å². The van der Waals surface area contributed by atoms with Crippen molar-refractivity contribution in [2.75, 3.05) is 0 Å². The molecule has 1 heterocycles. The number of rotatable bonds is 6. The van der Waals surface area contributed by atoms with Crippen LogP contribution in [0.15, 0.2) is 28.8 Å². The van der Waals surface area contributed by atoms with Gasteiger partial charge < -0.3 is 14.6 Å². The maximum absolute atomic E-state index is 12.2. The lowest BCUT2D eigenvalue weighted by atomic mass is 10.1. The van der Waals surface area contributed by atoms with Gasteiger partial charge in [-0.3, -0.25) is 0 Å². The molecule has 0 bridgehead atoms. The Balaban J connectivity index is 2.01. The molecule has 0 spiro atoms. The zero-order chi connectivity index (χ0) is 15.4. The van der Waals surface area contributed by atoms with E-state index in [1.165, 1.54) is 6.07 Å². The average Bonchev–Trinajstić information content (AvgIpc) is 2.75. The number of halogens is 2. The molecule has 4 nitrogen and oxygen atoms in total. The van der Waals surface area contributed by atoms with Gasteiger partial charge in [0.1, 0.15) is 11.5 Å². The van der Waals surface area contributed by atoms with Crippen molar-refractivity contribution in [1.29, 1.82) is 0 Å². The Kier molecular flexibility index (Phi) is 4.90. The van der Waals surface area contributed by atoms with Crippen LogP contribution in [0.4, 0.5) is 8.78 Å². The van der Waals surface area contributed by atoms with Crippen molar-refractivity contribution >= 4 is 0 Å². The highest BCUT2D eigenvalue weighted by Gasteiger charge is 2.12. The van der Waals surface area contributed by atoms with Gasteiger partial charge in [-0.15, -0.1) is 0 Å². The zero-order valence-corrected chi connectivity index (χ0v) is 12.2. The Hall–Kier alpha value is -1.95. The number of alkyl halides is 2. The van der Waals surface area contributed by atoms with E-state index in [0.29, 0.717) is 6.54 Å². The maximum Gasteiger partial charge on any atom is 0.387 e. The minimum absolute atomic E-state index is 0.0140. The number of hydrogen-bond donors (Lipinski definition) is 1. The molecule has 0 fully saturated rings. The Morgan fingerprint density at radius 2 is 2.10 bits per heavy atom. The van der Waals surface area contributed by atoms with Crippen molar-refractivity contribution in [3.8, 4) is 5.75 Å². The summed E-state index contributed by atoms with van der Waals surface area (Å²) in [5.41, 5.74) is 2.74. The summed E-state index contributed by atoms with van der Waals surface area (Å²) in [7, 11) is 0. The van der Waals surface area contributed by atoms with Gasteiger partial charge in [-0.2, -0.15) is 8.78 Å². The van der Waals surface area contributed by atoms with Crippen LogP contribution in [0, 0.1) is 13.8 Å². The van der Waals surface area contributed by atoms with E-state index in [1.54, 1.807) is 12.1 Å². The van der Waals surface area contributed by atoms with Crippen LogP contribution in [-0.4, -0.2) is 11.8 Å². The molecule has 1 N–H and O–H groups in total. The van der Waals surface area contributed by atoms with Gasteiger partial charge in [0.2, 0.25) is 0 Å². The van der Waals surface area contributed by atoms with E-state index in [9.17, 15) is 8.78 Å². The van der Waals surface area contributed by atoms with Gasteiger partial charge in [-0.25, -0.2) is 0 Å². The largest absolute Gasteiger partial charge is 0.435 e. The van der Waals surface area contributed by atoms with Gasteiger partial charge in [0, 0.05) is 18.2 Å². The molecule has 114 valence electrons. The van der Waals surface area contributed by atoms with E-state index in [4.69, 9.17) is 4.52 Å². The number of hydrogen-bond acceptors (Lipinski definition) is 4. The lowest BCUT2D eigenvalue weighted by Crippen LogP contribution is -2.19. The second kappa shape index (κ2) is 6.67. The van der Waals surface area contributed by atoms with Crippen molar-refractivity contribution < 1.29 is 18.0 Å². The Bertz CT molecular complexity index is 580. The monoisotopic (exact) mass is 296 g/mol. The first-order chi connectivity index (χ1) is 9.97. The first-order valence-corrected chi connectivity index (χ1v) is 6.67. The van der Waals surface area contributed by atoms with Crippen LogP contribution in [-0.2, 0) is 6.54 Å². The molecular weight excluding hydrogens is 278 g/mol. The Morgan fingerprint density at radius 1 is 1.33 bits per heavy atom. The number of aromatic nitrogens is 1. The average molecular weight is 296 g/mol. The topological polar surface area (TPSA) is 47.3 Å². The summed E-state index contributed by atoms with van der Waals surface area (Å²) >= 11 is 0. The molecule has 1 unspecified atom stereocenters. The van der Waals surface area contributed by atoms with Crippen LogP contribution in [0.25, 0.3) is 0 Å². The molecule has 6 heteroatoms. The fourth-order valence-corrected chi connectivity index (χ4v) is 2.09. The lowest BCUT2D eigenvalue weighted by Gasteiger charge is -2.15. The zero-order valence-electron chi connectivity index (χ0n) is 12.2. The second-order valence-electron chi connectivity index (χ2n) is 4.86. The van der Waals surface area contributed by atoms with Crippen LogP contribution in [0.2, 0.25) is 0 Å². The number of ether oxygens (including phenoxy) is 1. The summed E-state index contributed by atoms with van der Waals surface area (Å²) < 4.78 is 34.0. The predicted molar refractivity (Wildman–Crippen MR) is 74.3 cm³/mol. The van der Waals surface area contributed by atoms with Crippen LogP contribution in [0.3, 0.4) is 0 Å². The molecule has 1 aromatic carbocycles. The number of nitrogens with zero attached hydrogens (tertiary/aromatic N) is 1. The minimum Gasteiger partial charge on any atom is -0.435 e. The third-order valence-corrected chi connectivity index (χ3v) is 3.35. The van der Waals surface area contributed by atoms with Gasteiger partial charge in [0.25, 0.3) is 0 Å². The fourth-order valence-electron chi connectivity index (χ4n) is 2.09. The van der Waals surface area contributed by atoms with Gasteiger partial charge in [-0.05, 0) is 38.5 Å². The third kappa shape index (κ3) is 4.01. The summed E-state index contributed by atoms with van der Waals surface area (Å²) in [4.78, 5) is 0. The highest BCUT2D eigenvalue weighted by molar-refractivity contribution is 5.30. The first kappa shape index (κ1) is 15.4. The van der Waals surface area contributed by atoms with E-state index in [-0.39, 0.29) is 11.8 Å².